The molecular formula is C35H39N11O5. The van der Waals surface area contributed by atoms with Gasteiger partial charge in [-0.15, -0.1) is 0 Å². The summed E-state index contributed by atoms with van der Waals surface area (Å²) >= 11 is 0. The molecule has 264 valence electrons. The van der Waals surface area contributed by atoms with Crippen molar-refractivity contribution < 1.29 is 23.9 Å². The van der Waals surface area contributed by atoms with E-state index in [9.17, 15) is 14.4 Å². The van der Waals surface area contributed by atoms with E-state index < -0.39 is 5.91 Å². The molecule has 0 fully saturated rings. The van der Waals surface area contributed by atoms with E-state index in [-0.39, 0.29) is 30.0 Å². The highest BCUT2D eigenvalue weighted by molar-refractivity contribution is 6.05. The Morgan fingerprint density at radius 1 is 0.902 bits per heavy atom. The van der Waals surface area contributed by atoms with Gasteiger partial charge in [-0.25, -0.2) is 9.97 Å². The molecule has 0 radical (unpaired) electrons. The van der Waals surface area contributed by atoms with Gasteiger partial charge in [-0.3, -0.25) is 34.4 Å². The number of fused-ring (bicyclic) bond motifs is 1. The fraction of sp³-hybridized carbons (Fsp3) is 0.343. The Kier molecular flexibility index (Phi) is 8.66. The molecule has 6 aromatic rings. The van der Waals surface area contributed by atoms with Gasteiger partial charge in [0.2, 0.25) is 17.8 Å². The van der Waals surface area contributed by atoms with Crippen LogP contribution in [0, 0.1) is 13.8 Å². The average Bonchev–Trinajstić information content (AvgIpc) is 3.88. The number of carbonyl (C=O) groups is 3. The molecule has 0 unspecified atom stereocenters. The van der Waals surface area contributed by atoms with E-state index in [0.29, 0.717) is 83.8 Å². The van der Waals surface area contributed by atoms with Crippen LogP contribution in [0.2, 0.25) is 0 Å². The molecule has 1 aliphatic rings. The second kappa shape index (κ2) is 13.3. The lowest BCUT2D eigenvalue weighted by atomic mass is 10.1. The number of primary amides is 1. The Labute approximate surface area is 292 Å². The van der Waals surface area contributed by atoms with E-state index in [1.165, 1.54) is 0 Å². The number of nitrogens with two attached hydrogens (primary N) is 1. The third-order valence-electron chi connectivity index (χ3n) is 9.02. The number of benzene rings is 2. The number of ether oxygens (including phenoxy) is 2. The number of carbonyl (C=O) groups excluding carboxylic acids is 3. The van der Waals surface area contributed by atoms with Crippen molar-refractivity contribution in [3.8, 4) is 11.5 Å². The van der Waals surface area contributed by atoms with Crippen LogP contribution in [0.4, 0.5) is 11.9 Å². The summed E-state index contributed by atoms with van der Waals surface area (Å²) < 4.78 is 19.1. The predicted molar refractivity (Wildman–Crippen MR) is 189 cm³/mol. The zero-order valence-electron chi connectivity index (χ0n) is 29.1. The number of para-hydroxylation sites is 1. The number of hydrogen-bond acceptors (Lipinski definition) is 9. The maximum atomic E-state index is 13.6. The van der Waals surface area contributed by atoms with Crippen LogP contribution in [0.3, 0.4) is 0 Å². The summed E-state index contributed by atoms with van der Waals surface area (Å²) in [5, 5.41) is 14.8. The minimum absolute atomic E-state index is 0.244. The van der Waals surface area contributed by atoms with Crippen LogP contribution in [0.5, 0.6) is 11.5 Å². The van der Waals surface area contributed by atoms with Crippen molar-refractivity contribution in [2.45, 2.75) is 66.2 Å². The van der Waals surface area contributed by atoms with Gasteiger partial charge in [0.1, 0.15) is 40.5 Å². The molecule has 4 N–H and O–H groups in total. The van der Waals surface area contributed by atoms with E-state index in [2.05, 4.69) is 20.8 Å². The van der Waals surface area contributed by atoms with Gasteiger partial charge in [0, 0.05) is 25.2 Å². The van der Waals surface area contributed by atoms with Crippen molar-refractivity contribution in [1.29, 1.82) is 0 Å². The first-order valence-corrected chi connectivity index (χ1v) is 16.8. The van der Waals surface area contributed by atoms with Gasteiger partial charge in [-0.1, -0.05) is 6.07 Å². The molecule has 4 aromatic heterocycles. The van der Waals surface area contributed by atoms with E-state index >= 15 is 0 Å². The molecule has 0 saturated carbocycles. The minimum Gasteiger partial charge on any atom is -0.494 e. The topological polar surface area (TPSA) is 191 Å². The summed E-state index contributed by atoms with van der Waals surface area (Å²) in [6.07, 6.45) is 1.22. The summed E-state index contributed by atoms with van der Waals surface area (Å²) in [5.41, 5.74) is 10.7. The van der Waals surface area contributed by atoms with Gasteiger partial charge in [-0.05, 0) is 76.9 Å². The summed E-state index contributed by atoms with van der Waals surface area (Å²) in [6.45, 7) is 9.32. The second-order valence-corrected chi connectivity index (χ2v) is 12.4. The molecule has 1 atom stereocenters. The summed E-state index contributed by atoms with van der Waals surface area (Å²) in [6, 6.07) is 12.0. The SMILES string of the molecule is CCn1nc(C)cc1C(=O)Nc1nc2cccc(OC)c2n1CCC[C@H]1COc2cc(C(N)=O)cc3nc(NC(=O)c4cc(C)nn4CC)n1c23. The van der Waals surface area contributed by atoms with Gasteiger partial charge in [0.05, 0.1) is 35.6 Å². The number of aromatic nitrogens is 8. The fourth-order valence-electron chi connectivity index (χ4n) is 6.75. The van der Waals surface area contributed by atoms with Crippen molar-refractivity contribution in [2.75, 3.05) is 24.4 Å². The van der Waals surface area contributed by atoms with Gasteiger partial charge < -0.3 is 24.3 Å². The number of anilines is 2. The molecule has 0 bridgehead atoms. The van der Waals surface area contributed by atoms with Crippen LogP contribution >= 0.6 is 0 Å². The summed E-state index contributed by atoms with van der Waals surface area (Å²) in [5.74, 6) is 0.491. The third-order valence-corrected chi connectivity index (χ3v) is 9.02. The number of rotatable bonds is 12. The van der Waals surface area contributed by atoms with Gasteiger partial charge >= 0.3 is 0 Å². The van der Waals surface area contributed by atoms with Gasteiger partial charge in [0.15, 0.2) is 0 Å². The van der Waals surface area contributed by atoms with Crippen LogP contribution < -0.4 is 25.8 Å². The molecule has 16 nitrogen and oxygen atoms in total. The van der Waals surface area contributed by atoms with Gasteiger partial charge in [-0.2, -0.15) is 10.2 Å². The van der Waals surface area contributed by atoms with Crippen LogP contribution in [0.25, 0.3) is 22.1 Å². The van der Waals surface area contributed by atoms with Crippen molar-refractivity contribution in [3.05, 3.63) is 70.8 Å². The van der Waals surface area contributed by atoms with Crippen molar-refractivity contribution in [2.24, 2.45) is 5.73 Å². The molecule has 16 heteroatoms. The average molecular weight is 694 g/mol. The number of hydrogen-bond donors (Lipinski definition) is 3. The molecule has 0 spiro atoms. The fourth-order valence-corrected chi connectivity index (χ4v) is 6.75. The molecule has 0 aliphatic carbocycles. The summed E-state index contributed by atoms with van der Waals surface area (Å²) in [4.78, 5) is 48.7. The zero-order chi connectivity index (χ0) is 36.0. The number of methoxy groups -OCH3 is 1. The smallest absolute Gasteiger partial charge is 0.276 e. The quantitative estimate of drug-likeness (QED) is 0.166. The van der Waals surface area contributed by atoms with Crippen molar-refractivity contribution in [3.63, 3.8) is 0 Å². The maximum absolute atomic E-state index is 13.6. The largest absolute Gasteiger partial charge is 0.494 e. The van der Waals surface area contributed by atoms with E-state index in [1.807, 2.05) is 55.0 Å². The molecule has 3 amide bonds. The van der Waals surface area contributed by atoms with Crippen LogP contribution in [-0.4, -0.2) is 70.1 Å². The lowest BCUT2D eigenvalue weighted by Gasteiger charge is -2.27. The zero-order valence-corrected chi connectivity index (χ0v) is 29.1. The molecule has 0 saturated heterocycles. The Morgan fingerprint density at radius 3 is 2.18 bits per heavy atom. The number of aryl methyl sites for hydroxylation is 5. The Morgan fingerprint density at radius 2 is 1.55 bits per heavy atom. The van der Waals surface area contributed by atoms with E-state index in [1.54, 1.807) is 40.7 Å². The van der Waals surface area contributed by atoms with Crippen LogP contribution in [-0.2, 0) is 19.6 Å². The van der Waals surface area contributed by atoms with Crippen LogP contribution in [0.15, 0.2) is 42.5 Å². The van der Waals surface area contributed by atoms with Gasteiger partial charge in [0.25, 0.3) is 11.8 Å². The van der Waals surface area contributed by atoms with Crippen LogP contribution in [0.1, 0.15) is 75.5 Å². The monoisotopic (exact) mass is 693 g/mol. The third kappa shape index (κ3) is 6.02. The second-order valence-electron chi connectivity index (χ2n) is 12.4. The highest BCUT2D eigenvalue weighted by Gasteiger charge is 2.30. The lowest BCUT2D eigenvalue weighted by molar-refractivity contribution is 0.0994. The number of amides is 3. The highest BCUT2D eigenvalue weighted by atomic mass is 16.5. The molecule has 1 aliphatic heterocycles. The maximum Gasteiger partial charge on any atom is 0.276 e. The number of nitrogens with zero attached hydrogens (tertiary/aromatic N) is 8. The Balaban J connectivity index is 1.21. The first-order valence-electron chi connectivity index (χ1n) is 16.8. The highest BCUT2D eigenvalue weighted by Crippen LogP contribution is 2.39. The first-order chi connectivity index (χ1) is 24.6. The Bertz CT molecular complexity index is 2330. The minimum atomic E-state index is -0.610. The molecule has 5 heterocycles. The Hall–Kier alpha value is -6.19. The predicted octanol–water partition coefficient (Wildman–Crippen LogP) is 4.46. The summed E-state index contributed by atoms with van der Waals surface area (Å²) in [7, 11) is 1.60. The lowest BCUT2D eigenvalue weighted by Crippen LogP contribution is -2.26. The molecule has 2 aromatic carbocycles. The first kappa shape index (κ1) is 33.3. The van der Waals surface area contributed by atoms with Crippen molar-refractivity contribution >= 4 is 51.7 Å². The van der Waals surface area contributed by atoms with Crippen molar-refractivity contribution in [1.82, 2.24) is 38.7 Å². The molecule has 7 rings (SSSR count). The number of nitrogens with one attached hydrogen (secondary N) is 2. The standard InChI is InChI=1S/C35H39N11O5/c1-6-44-25(14-19(3)41-44)32(48)39-34-37-23-11-8-12-27(50-5)29(23)43(34)13-9-10-22-18-51-28-17-21(31(36)47)16-24-30(28)46(22)35(38-24)40-33(49)26-15-20(4)42-45(26)7-2/h8,11-12,14-17,22H,6-7,9-10,13,18H2,1-5H3,(H2,36,47)(H,37,39,48)(H,38,40,49)/t22-/m0/s1. The normalized spacial score (nSPS) is 13.8. The number of imidazole rings is 2. The van der Waals surface area contributed by atoms with E-state index in [0.717, 1.165) is 16.9 Å². The van der Waals surface area contributed by atoms with E-state index in [4.69, 9.17) is 25.2 Å². The molecule has 51 heavy (non-hydrogen) atoms. The molecular weight excluding hydrogens is 654 g/mol.